The van der Waals surface area contributed by atoms with Crippen LogP contribution in [0.1, 0.15) is 19.9 Å². The lowest BCUT2D eigenvalue weighted by Gasteiger charge is -2.06. The number of rotatable bonds is 1. The van der Waals surface area contributed by atoms with Gasteiger partial charge < -0.3 is 5.73 Å². The van der Waals surface area contributed by atoms with Crippen molar-refractivity contribution in [3.05, 3.63) is 24.4 Å². The van der Waals surface area contributed by atoms with E-state index in [-0.39, 0.29) is 0 Å². The highest BCUT2D eigenvalue weighted by molar-refractivity contribution is 5.90. The van der Waals surface area contributed by atoms with Crippen molar-refractivity contribution in [3.63, 3.8) is 0 Å². The van der Waals surface area contributed by atoms with E-state index < -0.39 is 0 Å². The Morgan fingerprint density at radius 1 is 1.38 bits per heavy atom. The molecule has 0 unspecified atom stereocenters. The SMILES string of the molecule is CC(C)n1ncc2c(N)cccc21. The Kier molecular flexibility index (Phi) is 1.72. The summed E-state index contributed by atoms with van der Waals surface area (Å²) in [6.07, 6.45) is 1.82. The van der Waals surface area contributed by atoms with E-state index in [1.165, 1.54) is 0 Å². The van der Waals surface area contributed by atoms with E-state index in [1.807, 2.05) is 29.1 Å². The van der Waals surface area contributed by atoms with Gasteiger partial charge in [-0.05, 0) is 26.0 Å². The molecule has 0 saturated carbocycles. The number of nitrogen functional groups attached to an aromatic ring is 1. The van der Waals surface area contributed by atoms with Gasteiger partial charge in [-0.1, -0.05) is 6.07 Å². The normalized spacial score (nSPS) is 11.3. The van der Waals surface area contributed by atoms with Crippen LogP contribution in [0.2, 0.25) is 0 Å². The number of fused-ring (bicyclic) bond motifs is 1. The molecule has 0 aliphatic rings. The Morgan fingerprint density at radius 3 is 2.85 bits per heavy atom. The van der Waals surface area contributed by atoms with Gasteiger partial charge in [0.15, 0.2) is 0 Å². The van der Waals surface area contributed by atoms with E-state index in [2.05, 4.69) is 18.9 Å². The number of benzene rings is 1. The molecule has 0 saturated heterocycles. The Bertz CT molecular complexity index is 429. The van der Waals surface area contributed by atoms with Crippen LogP contribution in [-0.2, 0) is 0 Å². The molecule has 2 aromatic rings. The van der Waals surface area contributed by atoms with Crippen LogP contribution in [0.4, 0.5) is 5.69 Å². The molecule has 1 aromatic carbocycles. The molecule has 13 heavy (non-hydrogen) atoms. The monoisotopic (exact) mass is 175 g/mol. The van der Waals surface area contributed by atoms with Crippen molar-refractivity contribution in [1.29, 1.82) is 0 Å². The molecular formula is C10H13N3. The zero-order valence-corrected chi connectivity index (χ0v) is 7.86. The second-order valence-corrected chi connectivity index (χ2v) is 3.46. The number of hydrogen-bond acceptors (Lipinski definition) is 2. The van der Waals surface area contributed by atoms with Gasteiger partial charge in [0.1, 0.15) is 0 Å². The highest BCUT2D eigenvalue weighted by Gasteiger charge is 2.06. The van der Waals surface area contributed by atoms with E-state index in [0.29, 0.717) is 6.04 Å². The van der Waals surface area contributed by atoms with Crippen LogP contribution in [0.3, 0.4) is 0 Å². The number of hydrogen-bond donors (Lipinski definition) is 1. The van der Waals surface area contributed by atoms with Crippen LogP contribution in [0.25, 0.3) is 10.9 Å². The summed E-state index contributed by atoms with van der Waals surface area (Å²) in [4.78, 5) is 0. The van der Waals surface area contributed by atoms with Crippen molar-refractivity contribution in [2.75, 3.05) is 5.73 Å². The van der Waals surface area contributed by atoms with E-state index in [0.717, 1.165) is 16.6 Å². The second kappa shape index (κ2) is 2.76. The van der Waals surface area contributed by atoms with Crippen LogP contribution in [0.5, 0.6) is 0 Å². The van der Waals surface area contributed by atoms with E-state index in [9.17, 15) is 0 Å². The summed E-state index contributed by atoms with van der Waals surface area (Å²) >= 11 is 0. The molecule has 0 bridgehead atoms. The second-order valence-electron chi connectivity index (χ2n) is 3.46. The zero-order valence-electron chi connectivity index (χ0n) is 7.86. The lowest BCUT2D eigenvalue weighted by molar-refractivity contribution is 0.551. The minimum absolute atomic E-state index is 0.374. The smallest absolute Gasteiger partial charge is 0.0706 e. The lowest BCUT2D eigenvalue weighted by Crippen LogP contribution is -2.01. The maximum atomic E-state index is 5.82. The molecule has 0 atom stereocenters. The number of nitrogens with zero attached hydrogens (tertiary/aromatic N) is 2. The summed E-state index contributed by atoms with van der Waals surface area (Å²) in [5.41, 5.74) is 7.72. The summed E-state index contributed by atoms with van der Waals surface area (Å²) in [5, 5.41) is 5.33. The van der Waals surface area contributed by atoms with E-state index >= 15 is 0 Å². The summed E-state index contributed by atoms with van der Waals surface area (Å²) in [7, 11) is 0. The van der Waals surface area contributed by atoms with Crippen molar-refractivity contribution < 1.29 is 0 Å². The molecule has 0 radical (unpaired) electrons. The quantitative estimate of drug-likeness (QED) is 0.675. The highest BCUT2D eigenvalue weighted by atomic mass is 15.3. The third-order valence-electron chi connectivity index (χ3n) is 2.16. The molecule has 0 aliphatic carbocycles. The fourth-order valence-corrected chi connectivity index (χ4v) is 1.50. The number of anilines is 1. The van der Waals surface area contributed by atoms with Crippen molar-refractivity contribution in [2.24, 2.45) is 0 Å². The summed E-state index contributed by atoms with van der Waals surface area (Å²) < 4.78 is 1.98. The predicted octanol–water partition coefficient (Wildman–Crippen LogP) is 2.20. The summed E-state index contributed by atoms with van der Waals surface area (Å²) in [6.45, 7) is 4.21. The molecule has 1 heterocycles. The molecule has 1 aromatic heterocycles. The van der Waals surface area contributed by atoms with Gasteiger partial charge in [-0.2, -0.15) is 5.10 Å². The molecule has 0 amide bonds. The third kappa shape index (κ3) is 1.16. The van der Waals surface area contributed by atoms with Crippen LogP contribution in [0, 0.1) is 0 Å². The Hall–Kier alpha value is -1.51. The molecule has 68 valence electrons. The summed E-state index contributed by atoms with van der Waals surface area (Å²) in [5.74, 6) is 0. The van der Waals surface area contributed by atoms with Crippen LogP contribution < -0.4 is 5.73 Å². The van der Waals surface area contributed by atoms with Gasteiger partial charge in [-0.15, -0.1) is 0 Å². The van der Waals surface area contributed by atoms with Crippen LogP contribution in [0.15, 0.2) is 24.4 Å². The van der Waals surface area contributed by atoms with Crippen LogP contribution >= 0.6 is 0 Å². The Labute approximate surface area is 77.2 Å². The van der Waals surface area contributed by atoms with Gasteiger partial charge in [-0.3, -0.25) is 4.68 Å². The maximum Gasteiger partial charge on any atom is 0.0706 e. The molecule has 0 aliphatic heterocycles. The molecule has 0 fully saturated rings. The number of aromatic nitrogens is 2. The standard InChI is InChI=1S/C10H13N3/c1-7(2)13-10-5-3-4-9(11)8(10)6-12-13/h3-7H,11H2,1-2H3. The van der Waals surface area contributed by atoms with Gasteiger partial charge in [-0.25, -0.2) is 0 Å². The van der Waals surface area contributed by atoms with Crippen molar-refractivity contribution in [3.8, 4) is 0 Å². The molecule has 3 nitrogen and oxygen atoms in total. The lowest BCUT2D eigenvalue weighted by atomic mass is 10.2. The van der Waals surface area contributed by atoms with Crippen molar-refractivity contribution in [1.82, 2.24) is 9.78 Å². The van der Waals surface area contributed by atoms with Gasteiger partial charge >= 0.3 is 0 Å². The topological polar surface area (TPSA) is 43.8 Å². The highest BCUT2D eigenvalue weighted by Crippen LogP contribution is 2.22. The van der Waals surface area contributed by atoms with Crippen molar-refractivity contribution in [2.45, 2.75) is 19.9 Å². The molecule has 3 heteroatoms. The van der Waals surface area contributed by atoms with Gasteiger partial charge in [0.2, 0.25) is 0 Å². The first-order valence-electron chi connectivity index (χ1n) is 4.42. The van der Waals surface area contributed by atoms with Gasteiger partial charge in [0.05, 0.1) is 11.7 Å². The largest absolute Gasteiger partial charge is 0.398 e. The molecule has 2 rings (SSSR count). The molecule has 2 N–H and O–H groups in total. The average Bonchev–Trinajstić information content (AvgIpc) is 2.48. The fourth-order valence-electron chi connectivity index (χ4n) is 1.50. The van der Waals surface area contributed by atoms with Crippen LogP contribution in [-0.4, -0.2) is 9.78 Å². The maximum absolute atomic E-state index is 5.82. The molecule has 0 spiro atoms. The third-order valence-corrected chi connectivity index (χ3v) is 2.16. The fraction of sp³-hybridized carbons (Fsp3) is 0.300. The Morgan fingerprint density at radius 2 is 2.15 bits per heavy atom. The van der Waals surface area contributed by atoms with Gasteiger partial charge in [0, 0.05) is 17.1 Å². The molecular weight excluding hydrogens is 162 g/mol. The number of nitrogens with two attached hydrogens (primary N) is 1. The minimum Gasteiger partial charge on any atom is -0.398 e. The van der Waals surface area contributed by atoms with Crippen molar-refractivity contribution >= 4 is 16.6 Å². The minimum atomic E-state index is 0.374. The average molecular weight is 175 g/mol. The first kappa shape index (κ1) is 8.10. The zero-order chi connectivity index (χ0) is 9.42. The van der Waals surface area contributed by atoms with E-state index in [1.54, 1.807) is 0 Å². The summed E-state index contributed by atoms with van der Waals surface area (Å²) in [6, 6.07) is 6.27. The van der Waals surface area contributed by atoms with E-state index in [4.69, 9.17) is 5.73 Å². The first-order chi connectivity index (χ1) is 6.20. The van der Waals surface area contributed by atoms with Gasteiger partial charge in [0.25, 0.3) is 0 Å². The first-order valence-corrected chi connectivity index (χ1v) is 4.42. The Balaban J connectivity index is 2.75. The predicted molar refractivity (Wildman–Crippen MR) is 54.5 cm³/mol.